The van der Waals surface area contributed by atoms with E-state index in [9.17, 15) is 4.79 Å². The van der Waals surface area contributed by atoms with Gasteiger partial charge in [-0.15, -0.1) is 11.8 Å². The summed E-state index contributed by atoms with van der Waals surface area (Å²) in [6, 6.07) is 25.2. The second-order valence-corrected chi connectivity index (χ2v) is 11.2. The SMILES string of the molecule is Cc1cc(C)c(SN(Cc2ccc(-c3cccc(SCC(=O)O)c3)cc2)Cc2ccc(C)o2)c(C)c1. The molecule has 1 aromatic heterocycles. The van der Waals surface area contributed by atoms with E-state index in [-0.39, 0.29) is 5.75 Å². The zero-order valence-electron chi connectivity index (χ0n) is 21.1. The van der Waals surface area contributed by atoms with Gasteiger partial charge in [-0.2, -0.15) is 0 Å². The summed E-state index contributed by atoms with van der Waals surface area (Å²) in [6.45, 7) is 9.94. The highest BCUT2D eigenvalue weighted by molar-refractivity contribution is 8.00. The molecular weight excluding hydrogens is 486 g/mol. The van der Waals surface area contributed by atoms with Gasteiger partial charge in [-0.25, -0.2) is 4.31 Å². The Bertz CT molecular complexity index is 1320. The number of carbonyl (C=O) groups is 1. The van der Waals surface area contributed by atoms with Crippen LogP contribution < -0.4 is 0 Å². The monoisotopic (exact) mass is 517 g/mol. The van der Waals surface area contributed by atoms with Gasteiger partial charge in [0.2, 0.25) is 0 Å². The van der Waals surface area contributed by atoms with E-state index >= 15 is 0 Å². The Morgan fingerprint density at radius 2 is 1.58 bits per heavy atom. The van der Waals surface area contributed by atoms with Crippen molar-refractivity contribution >= 4 is 29.7 Å². The molecule has 0 aliphatic carbocycles. The number of aliphatic carboxylic acids is 1. The Morgan fingerprint density at radius 3 is 2.22 bits per heavy atom. The van der Waals surface area contributed by atoms with Crippen molar-refractivity contribution in [3.05, 3.63) is 107 Å². The van der Waals surface area contributed by atoms with E-state index in [4.69, 9.17) is 9.52 Å². The standard InChI is InChI=1S/C30H31NO3S2/c1-20-14-21(2)30(22(3)15-20)36-31(18-27-13-8-23(4)34-27)17-24-9-11-25(12-10-24)26-6-5-7-28(16-26)35-19-29(32)33/h5-16H,17-19H2,1-4H3,(H,32,33). The fourth-order valence-corrected chi connectivity index (χ4v) is 5.97. The van der Waals surface area contributed by atoms with Crippen molar-refractivity contribution < 1.29 is 14.3 Å². The van der Waals surface area contributed by atoms with Crippen molar-refractivity contribution in [2.24, 2.45) is 0 Å². The van der Waals surface area contributed by atoms with Crippen LogP contribution >= 0.6 is 23.7 Å². The Labute approximate surface area is 221 Å². The molecule has 0 atom stereocenters. The van der Waals surface area contributed by atoms with Crippen LogP contribution in [0.4, 0.5) is 0 Å². The Balaban J connectivity index is 1.53. The molecule has 0 spiro atoms. The third-order valence-electron chi connectivity index (χ3n) is 5.80. The average Bonchev–Trinajstić information content (AvgIpc) is 3.25. The lowest BCUT2D eigenvalue weighted by molar-refractivity contribution is -0.133. The van der Waals surface area contributed by atoms with Crippen molar-refractivity contribution in [1.29, 1.82) is 0 Å². The van der Waals surface area contributed by atoms with Crippen LogP contribution in [0.25, 0.3) is 11.1 Å². The van der Waals surface area contributed by atoms with Crippen molar-refractivity contribution in [3.63, 3.8) is 0 Å². The lowest BCUT2D eigenvalue weighted by Crippen LogP contribution is -2.15. The number of carboxylic acids is 1. The molecule has 4 nitrogen and oxygen atoms in total. The van der Waals surface area contributed by atoms with Gasteiger partial charge in [0.25, 0.3) is 0 Å². The molecular formula is C30H31NO3S2. The lowest BCUT2D eigenvalue weighted by atomic mass is 10.0. The molecule has 0 amide bonds. The fourth-order valence-electron chi connectivity index (χ4n) is 4.22. The minimum absolute atomic E-state index is 0.0605. The van der Waals surface area contributed by atoms with Gasteiger partial charge in [-0.1, -0.05) is 54.1 Å². The first kappa shape index (κ1) is 26.1. The summed E-state index contributed by atoms with van der Waals surface area (Å²) in [5.74, 6) is 1.13. The van der Waals surface area contributed by atoms with Crippen molar-refractivity contribution in [2.45, 2.75) is 50.6 Å². The number of hydrogen-bond acceptors (Lipinski definition) is 5. The minimum Gasteiger partial charge on any atom is -0.481 e. The highest BCUT2D eigenvalue weighted by Gasteiger charge is 2.15. The summed E-state index contributed by atoms with van der Waals surface area (Å²) >= 11 is 3.12. The fraction of sp³-hybridized carbons (Fsp3) is 0.233. The van der Waals surface area contributed by atoms with Crippen LogP contribution in [-0.4, -0.2) is 21.1 Å². The lowest BCUT2D eigenvalue weighted by Gasteiger charge is -2.23. The predicted molar refractivity (Wildman–Crippen MR) is 149 cm³/mol. The van der Waals surface area contributed by atoms with E-state index in [1.165, 1.54) is 38.9 Å². The number of thioether (sulfide) groups is 1. The molecule has 0 bridgehead atoms. The molecule has 4 aromatic rings. The largest absolute Gasteiger partial charge is 0.481 e. The number of aryl methyl sites for hydroxylation is 4. The molecule has 3 aromatic carbocycles. The molecule has 0 radical (unpaired) electrons. The molecule has 0 fully saturated rings. The van der Waals surface area contributed by atoms with E-state index in [1.807, 2.05) is 31.2 Å². The van der Waals surface area contributed by atoms with Crippen molar-refractivity contribution in [2.75, 3.05) is 5.75 Å². The Morgan fingerprint density at radius 1 is 0.861 bits per heavy atom. The topological polar surface area (TPSA) is 53.7 Å². The minimum atomic E-state index is -0.807. The van der Waals surface area contributed by atoms with Crippen molar-refractivity contribution in [3.8, 4) is 11.1 Å². The zero-order chi connectivity index (χ0) is 25.7. The molecule has 4 rings (SSSR count). The van der Waals surface area contributed by atoms with E-state index in [1.54, 1.807) is 11.9 Å². The Kier molecular flexibility index (Phi) is 8.62. The van der Waals surface area contributed by atoms with Crippen LogP contribution in [-0.2, 0) is 17.9 Å². The maximum atomic E-state index is 10.9. The Hall–Kier alpha value is -2.93. The molecule has 1 heterocycles. The van der Waals surface area contributed by atoms with E-state index in [0.29, 0.717) is 6.54 Å². The summed E-state index contributed by atoms with van der Waals surface area (Å²) in [4.78, 5) is 13.2. The highest BCUT2D eigenvalue weighted by atomic mass is 32.2. The first-order valence-corrected chi connectivity index (χ1v) is 13.6. The third kappa shape index (κ3) is 7.06. The van der Waals surface area contributed by atoms with Gasteiger partial charge in [-0.3, -0.25) is 4.79 Å². The van der Waals surface area contributed by atoms with Crippen LogP contribution in [0.15, 0.2) is 87.0 Å². The molecule has 0 unspecified atom stereocenters. The second-order valence-electron chi connectivity index (χ2n) is 9.04. The number of furan rings is 1. The van der Waals surface area contributed by atoms with Gasteiger partial charge in [0.1, 0.15) is 11.5 Å². The molecule has 0 aliphatic heterocycles. The van der Waals surface area contributed by atoms with Gasteiger partial charge in [-0.05, 0) is 91.7 Å². The first-order chi connectivity index (χ1) is 17.3. The van der Waals surface area contributed by atoms with Gasteiger partial charge in [0.05, 0.1) is 12.3 Å². The van der Waals surface area contributed by atoms with Crippen LogP contribution in [0.5, 0.6) is 0 Å². The van der Waals surface area contributed by atoms with Gasteiger partial charge < -0.3 is 9.52 Å². The van der Waals surface area contributed by atoms with Crippen molar-refractivity contribution in [1.82, 2.24) is 4.31 Å². The van der Waals surface area contributed by atoms with Gasteiger partial charge >= 0.3 is 5.97 Å². The molecule has 6 heteroatoms. The summed E-state index contributed by atoms with van der Waals surface area (Å²) in [5, 5.41) is 8.96. The predicted octanol–water partition coefficient (Wildman–Crippen LogP) is 8.07. The number of nitrogens with zero attached hydrogens (tertiary/aromatic N) is 1. The molecule has 1 N–H and O–H groups in total. The van der Waals surface area contributed by atoms with E-state index < -0.39 is 5.97 Å². The summed E-state index contributed by atoms with van der Waals surface area (Å²) < 4.78 is 8.25. The number of rotatable bonds is 10. The third-order valence-corrected chi connectivity index (χ3v) is 8.12. The summed E-state index contributed by atoms with van der Waals surface area (Å²) in [6.07, 6.45) is 0. The van der Waals surface area contributed by atoms with E-state index in [2.05, 4.69) is 73.6 Å². The smallest absolute Gasteiger partial charge is 0.313 e. The van der Waals surface area contributed by atoms with E-state index in [0.717, 1.165) is 34.1 Å². The van der Waals surface area contributed by atoms with Gasteiger partial charge in [0.15, 0.2) is 0 Å². The normalized spacial score (nSPS) is 11.2. The van der Waals surface area contributed by atoms with Crippen LogP contribution in [0.2, 0.25) is 0 Å². The number of hydrogen-bond donors (Lipinski definition) is 1. The molecule has 0 aliphatic rings. The maximum Gasteiger partial charge on any atom is 0.313 e. The van der Waals surface area contributed by atoms with Gasteiger partial charge in [0, 0.05) is 16.3 Å². The molecule has 0 saturated heterocycles. The first-order valence-electron chi connectivity index (χ1n) is 11.9. The summed E-state index contributed by atoms with van der Waals surface area (Å²) in [5.41, 5.74) is 7.27. The summed E-state index contributed by atoms with van der Waals surface area (Å²) in [7, 11) is 0. The molecule has 186 valence electrons. The number of benzene rings is 3. The molecule has 0 saturated carbocycles. The zero-order valence-corrected chi connectivity index (χ0v) is 22.7. The van der Waals surface area contributed by atoms with Crippen LogP contribution in [0.1, 0.15) is 33.8 Å². The van der Waals surface area contributed by atoms with Crippen LogP contribution in [0, 0.1) is 27.7 Å². The highest BCUT2D eigenvalue weighted by Crippen LogP contribution is 2.33. The van der Waals surface area contributed by atoms with Crippen LogP contribution in [0.3, 0.4) is 0 Å². The maximum absolute atomic E-state index is 10.9. The number of carboxylic acid groups (broad SMARTS) is 1. The molecule has 36 heavy (non-hydrogen) atoms. The second kappa shape index (κ2) is 11.9. The average molecular weight is 518 g/mol. The quantitative estimate of drug-likeness (QED) is 0.170.